The fraction of sp³-hybridized carbons (Fsp3) is 1.00. The van der Waals surface area contributed by atoms with Crippen molar-refractivity contribution in [2.75, 3.05) is 29.6 Å². The molecule has 126 valence electrons. The van der Waals surface area contributed by atoms with E-state index in [1.54, 1.807) is 6.92 Å². The second-order valence-electron chi connectivity index (χ2n) is 5.31. The molecule has 10 heteroatoms. The van der Waals surface area contributed by atoms with E-state index in [4.69, 9.17) is 0 Å². The van der Waals surface area contributed by atoms with Crippen molar-refractivity contribution in [3.8, 4) is 0 Å². The second-order valence-corrected chi connectivity index (χ2v) is 12.2. The number of sulfone groups is 2. The maximum Gasteiger partial charge on any atom is 0.217 e. The molecule has 0 aliphatic carbocycles. The molecule has 0 aromatic heterocycles. The predicted octanol–water partition coefficient (Wildman–Crippen LogP) is -0.352. The Bertz CT molecular complexity index is 665. The van der Waals surface area contributed by atoms with Crippen molar-refractivity contribution in [3.63, 3.8) is 0 Å². The number of hydrogen-bond donors (Lipinski definition) is 0. The number of rotatable bonds is 7. The topological polar surface area (TPSA) is 106 Å². The highest BCUT2D eigenvalue weighted by Crippen LogP contribution is 2.23. The minimum Gasteiger partial charge on any atom is -0.229 e. The van der Waals surface area contributed by atoms with E-state index in [1.165, 1.54) is 13.8 Å². The van der Waals surface area contributed by atoms with Crippen molar-refractivity contribution in [1.29, 1.82) is 0 Å². The van der Waals surface area contributed by atoms with Crippen LogP contribution in [0.3, 0.4) is 0 Å². The molecule has 2 atom stereocenters. The molecule has 0 bridgehead atoms. The van der Waals surface area contributed by atoms with Gasteiger partial charge in [0.25, 0.3) is 0 Å². The molecule has 0 spiro atoms. The van der Waals surface area contributed by atoms with E-state index in [1.807, 2.05) is 0 Å². The highest BCUT2D eigenvalue weighted by molar-refractivity contribution is 7.94. The lowest BCUT2D eigenvalue weighted by atomic mass is 10.3. The molecule has 1 heterocycles. The van der Waals surface area contributed by atoms with Gasteiger partial charge in [-0.05, 0) is 13.3 Å². The zero-order valence-corrected chi connectivity index (χ0v) is 15.0. The summed E-state index contributed by atoms with van der Waals surface area (Å²) < 4.78 is 72.4. The molecule has 1 rings (SSSR count). The normalized spacial score (nSPS) is 24.3. The Morgan fingerprint density at radius 3 is 2.14 bits per heavy atom. The molecule has 1 fully saturated rings. The second kappa shape index (κ2) is 6.51. The van der Waals surface area contributed by atoms with Gasteiger partial charge in [0, 0.05) is 18.3 Å². The molecular weight excluding hydrogens is 338 g/mol. The molecule has 2 unspecified atom stereocenters. The Morgan fingerprint density at radius 2 is 1.76 bits per heavy atom. The molecule has 0 aromatic carbocycles. The van der Waals surface area contributed by atoms with Gasteiger partial charge in [0.15, 0.2) is 19.7 Å². The van der Waals surface area contributed by atoms with Crippen molar-refractivity contribution in [3.05, 3.63) is 0 Å². The molecule has 0 amide bonds. The highest BCUT2D eigenvalue weighted by atomic mass is 32.2. The van der Waals surface area contributed by atoms with E-state index in [0.717, 1.165) is 4.31 Å². The molecule has 21 heavy (non-hydrogen) atoms. The maximum absolute atomic E-state index is 12.5. The summed E-state index contributed by atoms with van der Waals surface area (Å²) in [6, 6.07) is -0.586. The molecular formula is C11H23NO6S3. The van der Waals surface area contributed by atoms with Crippen molar-refractivity contribution >= 4 is 29.7 Å². The summed E-state index contributed by atoms with van der Waals surface area (Å²) in [4.78, 5) is 0. The van der Waals surface area contributed by atoms with Crippen LogP contribution in [0.2, 0.25) is 0 Å². The fourth-order valence-corrected chi connectivity index (χ4v) is 7.94. The van der Waals surface area contributed by atoms with Crippen LogP contribution in [0.25, 0.3) is 0 Å². The smallest absolute Gasteiger partial charge is 0.217 e. The quantitative estimate of drug-likeness (QED) is 0.613. The van der Waals surface area contributed by atoms with Crippen LogP contribution in [0.15, 0.2) is 0 Å². The van der Waals surface area contributed by atoms with Crippen LogP contribution in [0.4, 0.5) is 0 Å². The van der Waals surface area contributed by atoms with Crippen LogP contribution >= 0.6 is 0 Å². The monoisotopic (exact) mass is 361 g/mol. The van der Waals surface area contributed by atoms with Gasteiger partial charge in [-0.1, -0.05) is 13.8 Å². The van der Waals surface area contributed by atoms with Gasteiger partial charge in [-0.3, -0.25) is 0 Å². The van der Waals surface area contributed by atoms with Crippen molar-refractivity contribution in [1.82, 2.24) is 4.31 Å². The summed E-state index contributed by atoms with van der Waals surface area (Å²) in [7, 11) is -10.5. The molecule has 7 nitrogen and oxygen atoms in total. The Labute approximate surface area is 127 Å². The molecule has 1 saturated heterocycles. The number of hydrogen-bond acceptors (Lipinski definition) is 6. The van der Waals surface area contributed by atoms with E-state index >= 15 is 0 Å². The predicted molar refractivity (Wildman–Crippen MR) is 82.1 cm³/mol. The number of sulfonamides is 1. The first kappa shape index (κ1) is 18.9. The van der Waals surface area contributed by atoms with Crippen molar-refractivity contribution in [2.24, 2.45) is 0 Å². The average Bonchev–Trinajstić information content (AvgIpc) is 2.69. The lowest BCUT2D eigenvalue weighted by molar-refractivity contribution is 0.351. The molecule has 0 N–H and O–H groups in total. The van der Waals surface area contributed by atoms with Gasteiger partial charge >= 0.3 is 0 Å². The van der Waals surface area contributed by atoms with E-state index < -0.39 is 46.7 Å². The molecule has 1 aliphatic heterocycles. The maximum atomic E-state index is 12.5. The van der Waals surface area contributed by atoms with E-state index in [2.05, 4.69) is 0 Å². The third kappa shape index (κ3) is 4.64. The van der Waals surface area contributed by atoms with Gasteiger partial charge in [0.1, 0.15) is 0 Å². The molecule has 0 saturated carbocycles. The average molecular weight is 362 g/mol. The third-order valence-corrected chi connectivity index (χ3v) is 9.93. The van der Waals surface area contributed by atoms with Crippen LogP contribution in [-0.4, -0.2) is 70.4 Å². The first-order valence-electron chi connectivity index (χ1n) is 6.86. The van der Waals surface area contributed by atoms with Gasteiger partial charge in [-0.25, -0.2) is 25.3 Å². The fourth-order valence-electron chi connectivity index (χ4n) is 2.44. The third-order valence-electron chi connectivity index (χ3n) is 3.69. The lowest BCUT2D eigenvalue weighted by Crippen LogP contribution is -2.46. The Kier molecular flexibility index (Phi) is 5.85. The first-order valence-corrected chi connectivity index (χ1v) is 12.0. The Balaban J connectivity index is 2.98. The van der Waals surface area contributed by atoms with Crippen LogP contribution in [-0.2, 0) is 29.7 Å². The Hall–Kier alpha value is -0.190. The minimum absolute atomic E-state index is 0.0225. The minimum atomic E-state index is -3.84. The summed E-state index contributed by atoms with van der Waals surface area (Å²) in [5.41, 5.74) is 0. The van der Waals surface area contributed by atoms with Crippen molar-refractivity contribution in [2.45, 2.75) is 38.5 Å². The summed E-state index contributed by atoms with van der Waals surface area (Å²) in [5.74, 6) is -0.767. The lowest BCUT2D eigenvalue weighted by Gasteiger charge is -2.29. The highest BCUT2D eigenvalue weighted by Gasteiger charge is 2.40. The first-order chi connectivity index (χ1) is 9.45. The van der Waals surface area contributed by atoms with Crippen LogP contribution in [0.5, 0.6) is 0 Å². The SMILES string of the molecule is CCN(C1CCS(=O)(=O)C1)S(=O)(=O)C(C)CS(=O)(=O)CC. The van der Waals surface area contributed by atoms with Crippen LogP contribution in [0, 0.1) is 0 Å². The van der Waals surface area contributed by atoms with Gasteiger partial charge in [-0.2, -0.15) is 4.31 Å². The van der Waals surface area contributed by atoms with Gasteiger partial charge < -0.3 is 0 Å². The van der Waals surface area contributed by atoms with E-state index in [9.17, 15) is 25.3 Å². The standard InChI is InChI=1S/C11H23NO6S3/c1-4-12(11-6-7-20(15,16)9-11)21(17,18)10(3)8-19(13,14)5-2/h10-11H,4-9H2,1-3H3. The van der Waals surface area contributed by atoms with E-state index in [-0.39, 0.29) is 30.2 Å². The Morgan fingerprint density at radius 1 is 1.19 bits per heavy atom. The number of nitrogens with zero attached hydrogens (tertiary/aromatic N) is 1. The molecule has 1 aliphatic rings. The zero-order chi connectivity index (χ0) is 16.5. The van der Waals surface area contributed by atoms with Crippen LogP contribution < -0.4 is 0 Å². The zero-order valence-electron chi connectivity index (χ0n) is 12.5. The van der Waals surface area contributed by atoms with E-state index in [0.29, 0.717) is 0 Å². The van der Waals surface area contributed by atoms with Crippen molar-refractivity contribution < 1.29 is 25.3 Å². The van der Waals surface area contributed by atoms with Gasteiger partial charge in [0.2, 0.25) is 10.0 Å². The largest absolute Gasteiger partial charge is 0.229 e. The van der Waals surface area contributed by atoms with Gasteiger partial charge in [0.05, 0.1) is 22.5 Å². The molecule has 0 aromatic rings. The molecule has 0 radical (unpaired) electrons. The summed E-state index contributed by atoms with van der Waals surface area (Å²) in [6.07, 6.45) is 0.267. The summed E-state index contributed by atoms with van der Waals surface area (Å²) in [5, 5.41) is -1.08. The van der Waals surface area contributed by atoms with Crippen LogP contribution in [0.1, 0.15) is 27.2 Å². The summed E-state index contributed by atoms with van der Waals surface area (Å²) >= 11 is 0. The summed E-state index contributed by atoms with van der Waals surface area (Å²) in [6.45, 7) is 4.59. The van der Waals surface area contributed by atoms with Gasteiger partial charge in [-0.15, -0.1) is 0 Å².